The van der Waals surface area contributed by atoms with Gasteiger partial charge < -0.3 is 8.83 Å². The SMILES string of the molecule is c1ccc(-c2nc(-c3ccccc3)nc(-c3ccc4oc5cccc(-c6nc(-c7ccccc7)nc(-c7cccc8c7oc7ccccc78)n6)c5c4c3)n2)cc1. The lowest BCUT2D eigenvalue weighted by atomic mass is 10.0. The van der Waals surface area contributed by atoms with Crippen LogP contribution in [0.2, 0.25) is 0 Å². The Hall–Kier alpha value is -7.84. The third-order valence-electron chi connectivity index (χ3n) is 10.0. The maximum absolute atomic E-state index is 6.47. The molecule has 0 aliphatic rings. The molecule has 11 aromatic rings. The fourth-order valence-corrected chi connectivity index (χ4v) is 7.35. The number of furan rings is 2. The summed E-state index contributed by atoms with van der Waals surface area (Å²) >= 11 is 0. The van der Waals surface area contributed by atoms with Crippen molar-refractivity contribution in [2.75, 3.05) is 0 Å². The summed E-state index contributed by atoms with van der Waals surface area (Å²) in [5.41, 5.74) is 8.07. The van der Waals surface area contributed by atoms with Crippen LogP contribution in [-0.4, -0.2) is 29.9 Å². The lowest BCUT2D eigenvalue weighted by molar-refractivity contribution is 0.668. The van der Waals surface area contributed by atoms with Crippen LogP contribution in [0.1, 0.15) is 0 Å². The van der Waals surface area contributed by atoms with Gasteiger partial charge in [-0.2, -0.15) is 0 Å². The summed E-state index contributed by atoms with van der Waals surface area (Å²) in [6, 6.07) is 56.1. The van der Waals surface area contributed by atoms with Gasteiger partial charge in [-0.1, -0.05) is 133 Å². The standard InChI is InChI=1S/C48H28N6O2/c1-4-14-29(15-5-1)43-49-44(30-16-6-2-7-17-30)51-46(50-43)32-26-27-39-37(28-32)41-35(22-13-25-40(41)55-39)47-52-45(31-18-8-3-9-19-31)53-48(54-47)36-23-12-21-34-33-20-10-11-24-38(33)56-42(34)36/h1-28H. The van der Waals surface area contributed by atoms with Gasteiger partial charge in [0.1, 0.15) is 22.3 Å². The summed E-state index contributed by atoms with van der Waals surface area (Å²) in [5, 5.41) is 3.81. The molecule has 56 heavy (non-hydrogen) atoms. The zero-order valence-electron chi connectivity index (χ0n) is 29.7. The summed E-state index contributed by atoms with van der Waals surface area (Å²) in [7, 11) is 0. The normalized spacial score (nSPS) is 11.6. The van der Waals surface area contributed by atoms with Crippen molar-refractivity contribution >= 4 is 43.9 Å². The van der Waals surface area contributed by atoms with Gasteiger partial charge in [-0.15, -0.1) is 0 Å². The molecule has 4 heterocycles. The third-order valence-corrected chi connectivity index (χ3v) is 10.0. The second-order valence-electron chi connectivity index (χ2n) is 13.5. The van der Waals surface area contributed by atoms with Crippen LogP contribution in [0.3, 0.4) is 0 Å². The Balaban J connectivity index is 1.12. The van der Waals surface area contributed by atoms with E-state index in [4.69, 9.17) is 38.7 Å². The third kappa shape index (κ3) is 5.39. The largest absolute Gasteiger partial charge is 0.456 e. The van der Waals surface area contributed by atoms with Crippen molar-refractivity contribution in [1.82, 2.24) is 29.9 Å². The number of rotatable bonds is 6. The molecule has 8 heteroatoms. The summed E-state index contributed by atoms with van der Waals surface area (Å²) in [5.74, 6) is 3.32. The van der Waals surface area contributed by atoms with E-state index >= 15 is 0 Å². The average Bonchev–Trinajstić information content (AvgIpc) is 3.85. The zero-order valence-corrected chi connectivity index (χ0v) is 29.7. The predicted molar refractivity (Wildman–Crippen MR) is 220 cm³/mol. The summed E-state index contributed by atoms with van der Waals surface area (Å²) in [4.78, 5) is 30.2. The van der Waals surface area contributed by atoms with Crippen LogP contribution >= 0.6 is 0 Å². The lowest BCUT2D eigenvalue weighted by Crippen LogP contribution is -2.00. The number of aromatic nitrogens is 6. The molecular weight excluding hydrogens is 693 g/mol. The molecule has 0 radical (unpaired) electrons. The molecule has 0 unspecified atom stereocenters. The van der Waals surface area contributed by atoms with Crippen molar-refractivity contribution < 1.29 is 8.83 Å². The van der Waals surface area contributed by atoms with Crippen molar-refractivity contribution in [2.24, 2.45) is 0 Å². The molecule has 0 aliphatic carbocycles. The molecule has 0 N–H and O–H groups in total. The minimum atomic E-state index is 0.510. The molecule has 0 bridgehead atoms. The molecule has 0 spiro atoms. The molecular formula is C48H28N6O2. The summed E-state index contributed by atoms with van der Waals surface area (Å²) in [6.07, 6.45) is 0. The minimum absolute atomic E-state index is 0.510. The maximum Gasteiger partial charge on any atom is 0.167 e. The topological polar surface area (TPSA) is 104 Å². The van der Waals surface area contributed by atoms with Crippen molar-refractivity contribution in [1.29, 1.82) is 0 Å². The lowest BCUT2D eigenvalue weighted by Gasteiger charge is -2.10. The first-order chi connectivity index (χ1) is 27.7. The van der Waals surface area contributed by atoms with Gasteiger partial charge in [0.25, 0.3) is 0 Å². The zero-order chi connectivity index (χ0) is 37.0. The highest BCUT2D eigenvalue weighted by atomic mass is 16.3. The first-order valence-corrected chi connectivity index (χ1v) is 18.3. The first kappa shape index (κ1) is 31.7. The summed E-state index contributed by atoms with van der Waals surface area (Å²) < 4.78 is 12.9. The maximum atomic E-state index is 6.47. The van der Waals surface area contributed by atoms with Gasteiger partial charge in [0, 0.05) is 49.4 Å². The van der Waals surface area contributed by atoms with Gasteiger partial charge in [-0.25, -0.2) is 29.9 Å². The number of hydrogen-bond donors (Lipinski definition) is 0. The van der Waals surface area contributed by atoms with E-state index in [0.717, 1.165) is 71.7 Å². The van der Waals surface area contributed by atoms with Crippen molar-refractivity contribution in [3.05, 3.63) is 170 Å². The Kier molecular flexibility index (Phi) is 7.31. The van der Waals surface area contributed by atoms with Crippen LogP contribution in [0, 0.1) is 0 Å². The van der Waals surface area contributed by atoms with E-state index in [2.05, 4.69) is 18.2 Å². The molecule has 0 aliphatic heterocycles. The molecule has 4 aromatic heterocycles. The molecule has 11 rings (SSSR count). The first-order valence-electron chi connectivity index (χ1n) is 18.3. The molecule has 262 valence electrons. The molecule has 7 aromatic carbocycles. The second kappa shape index (κ2) is 12.9. The van der Waals surface area contributed by atoms with E-state index in [-0.39, 0.29) is 0 Å². The minimum Gasteiger partial charge on any atom is -0.456 e. The van der Waals surface area contributed by atoms with E-state index in [0.29, 0.717) is 40.5 Å². The van der Waals surface area contributed by atoms with Gasteiger partial charge in [-0.3, -0.25) is 0 Å². The van der Waals surface area contributed by atoms with Crippen LogP contribution in [0.15, 0.2) is 179 Å². The van der Waals surface area contributed by atoms with Gasteiger partial charge in [-0.05, 0) is 36.4 Å². The molecule has 0 saturated heterocycles. The van der Waals surface area contributed by atoms with E-state index < -0.39 is 0 Å². The number of benzene rings is 7. The Morgan fingerprint density at radius 1 is 0.286 bits per heavy atom. The fraction of sp³-hybridized carbons (Fsp3) is 0. The Morgan fingerprint density at radius 2 is 0.750 bits per heavy atom. The van der Waals surface area contributed by atoms with Crippen molar-refractivity contribution in [3.63, 3.8) is 0 Å². The average molecular weight is 721 g/mol. The van der Waals surface area contributed by atoms with Crippen molar-refractivity contribution in [3.8, 4) is 68.3 Å². The molecule has 0 saturated carbocycles. The highest BCUT2D eigenvalue weighted by Gasteiger charge is 2.21. The van der Waals surface area contributed by atoms with Crippen molar-refractivity contribution in [2.45, 2.75) is 0 Å². The number of hydrogen-bond acceptors (Lipinski definition) is 8. The van der Waals surface area contributed by atoms with Crippen LogP contribution in [-0.2, 0) is 0 Å². The molecule has 0 amide bonds. The van der Waals surface area contributed by atoms with Gasteiger partial charge in [0.15, 0.2) is 34.9 Å². The number of para-hydroxylation sites is 2. The van der Waals surface area contributed by atoms with Gasteiger partial charge in [0.05, 0.1) is 5.56 Å². The summed E-state index contributed by atoms with van der Waals surface area (Å²) in [6.45, 7) is 0. The monoisotopic (exact) mass is 720 g/mol. The quantitative estimate of drug-likeness (QED) is 0.167. The predicted octanol–water partition coefficient (Wildman–Crippen LogP) is 11.9. The van der Waals surface area contributed by atoms with Crippen LogP contribution in [0.25, 0.3) is 112 Å². The Labute approximate surface area is 319 Å². The fourth-order valence-electron chi connectivity index (χ4n) is 7.35. The van der Waals surface area contributed by atoms with E-state index in [1.807, 2.05) is 152 Å². The molecule has 8 nitrogen and oxygen atoms in total. The van der Waals surface area contributed by atoms with E-state index in [9.17, 15) is 0 Å². The van der Waals surface area contributed by atoms with Gasteiger partial charge >= 0.3 is 0 Å². The smallest absolute Gasteiger partial charge is 0.167 e. The van der Waals surface area contributed by atoms with Gasteiger partial charge in [0.2, 0.25) is 0 Å². The molecule has 0 atom stereocenters. The van der Waals surface area contributed by atoms with Crippen LogP contribution in [0.5, 0.6) is 0 Å². The highest BCUT2D eigenvalue weighted by molar-refractivity contribution is 6.13. The second-order valence-corrected chi connectivity index (χ2v) is 13.5. The number of nitrogens with zero attached hydrogens (tertiary/aromatic N) is 6. The van der Waals surface area contributed by atoms with E-state index in [1.54, 1.807) is 0 Å². The Morgan fingerprint density at radius 3 is 1.41 bits per heavy atom. The molecule has 0 fully saturated rings. The number of fused-ring (bicyclic) bond motifs is 6. The van der Waals surface area contributed by atoms with E-state index in [1.165, 1.54) is 0 Å². The van der Waals surface area contributed by atoms with Crippen LogP contribution < -0.4 is 0 Å². The van der Waals surface area contributed by atoms with Crippen LogP contribution in [0.4, 0.5) is 0 Å². The Bertz CT molecular complexity index is 3190. The highest BCUT2D eigenvalue weighted by Crippen LogP contribution is 2.40.